The number of aryl methyl sites for hydroxylation is 1. The fourth-order valence-electron chi connectivity index (χ4n) is 2.18. The minimum atomic E-state index is -0.991. The van der Waals surface area contributed by atoms with E-state index in [1.54, 1.807) is 10.7 Å². The Morgan fingerprint density at radius 3 is 2.63 bits per heavy atom. The van der Waals surface area contributed by atoms with Gasteiger partial charge in [0.15, 0.2) is 5.69 Å². The summed E-state index contributed by atoms with van der Waals surface area (Å²) in [5.41, 5.74) is 0.980. The lowest BCUT2D eigenvalue weighted by Crippen LogP contribution is -2.03. The van der Waals surface area contributed by atoms with E-state index < -0.39 is 5.97 Å². The van der Waals surface area contributed by atoms with Crippen LogP contribution in [0.2, 0.25) is 0 Å². The Hall–Kier alpha value is -1.88. The summed E-state index contributed by atoms with van der Waals surface area (Å²) < 4.78 is 1.76. The quantitative estimate of drug-likeness (QED) is 0.751. The predicted molar refractivity (Wildman–Crippen MR) is 72.2 cm³/mol. The number of unbranched alkanes of at least 4 members (excludes halogenated alkanes) is 3. The van der Waals surface area contributed by atoms with Crippen molar-refractivity contribution >= 4 is 16.9 Å². The van der Waals surface area contributed by atoms with Crippen LogP contribution >= 0.6 is 0 Å². The number of aromatic nitrogens is 2. The van der Waals surface area contributed by atoms with Crippen LogP contribution in [0.4, 0.5) is 0 Å². The summed E-state index contributed by atoms with van der Waals surface area (Å²) in [6.07, 6.45) is 3.75. The van der Waals surface area contributed by atoms with Crippen LogP contribution in [-0.4, -0.2) is 32.6 Å². The normalized spacial score (nSPS) is 11.0. The minimum absolute atomic E-state index is 0.117. The van der Waals surface area contributed by atoms with Gasteiger partial charge in [-0.15, -0.1) is 0 Å². The van der Waals surface area contributed by atoms with Crippen LogP contribution in [-0.2, 0) is 6.54 Å². The molecule has 0 atom stereocenters. The van der Waals surface area contributed by atoms with Crippen molar-refractivity contribution in [2.24, 2.45) is 0 Å². The highest BCUT2D eigenvalue weighted by molar-refractivity contribution is 6.01. The van der Waals surface area contributed by atoms with Crippen molar-refractivity contribution in [2.75, 3.05) is 6.61 Å². The Balaban J connectivity index is 2.12. The van der Waals surface area contributed by atoms with E-state index >= 15 is 0 Å². The van der Waals surface area contributed by atoms with E-state index in [1.165, 1.54) is 0 Å². The van der Waals surface area contributed by atoms with Crippen LogP contribution in [0, 0.1) is 0 Å². The number of benzene rings is 1. The van der Waals surface area contributed by atoms with Gasteiger partial charge >= 0.3 is 5.97 Å². The summed E-state index contributed by atoms with van der Waals surface area (Å²) >= 11 is 0. The van der Waals surface area contributed by atoms with Gasteiger partial charge in [0.2, 0.25) is 0 Å². The SMILES string of the molecule is O=C(O)c1nn(CCCCCCO)c2ccccc12. The van der Waals surface area contributed by atoms with Gasteiger partial charge in [-0.05, 0) is 18.9 Å². The van der Waals surface area contributed by atoms with Gasteiger partial charge in [-0.2, -0.15) is 5.10 Å². The Kier molecular flexibility index (Phi) is 4.52. The van der Waals surface area contributed by atoms with Gasteiger partial charge in [-0.3, -0.25) is 4.68 Å². The van der Waals surface area contributed by atoms with Gasteiger partial charge in [0.1, 0.15) is 0 Å². The summed E-state index contributed by atoms with van der Waals surface area (Å²) in [5, 5.41) is 22.7. The molecule has 2 aromatic rings. The molecule has 0 aliphatic carbocycles. The molecule has 0 amide bonds. The number of aromatic carboxylic acids is 1. The molecule has 19 heavy (non-hydrogen) atoms. The Morgan fingerprint density at radius 2 is 1.89 bits per heavy atom. The molecule has 5 nitrogen and oxygen atoms in total. The van der Waals surface area contributed by atoms with Crippen molar-refractivity contribution in [3.8, 4) is 0 Å². The van der Waals surface area contributed by atoms with Gasteiger partial charge in [-0.25, -0.2) is 4.79 Å². The maximum Gasteiger partial charge on any atom is 0.357 e. The van der Waals surface area contributed by atoms with Crippen molar-refractivity contribution < 1.29 is 15.0 Å². The van der Waals surface area contributed by atoms with Crippen LogP contribution in [0.25, 0.3) is 10.9 Å². The maximum absolute atomic E-state index is 11.1. The lowest BCUT2D eigenvalue weighted by molar-refractivity contribution is 0.0691. The highest BCUT2D eigenvalue weighted by atomic mass is 16.4. The Morgan fingerprint density at radius 1 is 1.16 bits per heavy atom. The molecule has 2 N–H and O–H groups in total. The number of carboxylic acids is 1. The number of aliphatic hydroxyl groups excluding tert-OH is 1. The summed E-state index contributed by atoms with van der Waals surface area (Å²) in [6.45, 7) is 0.938. The third-order valence-corrected chi connectivity index (χ3v) is 3.14. The number of hydrogen-bond donors (Lipinski definition) is 2. The highest BCUT2D eigenvalue weighted by Crippen LogP contribution is 2.19. The largest absolute Gasteiger partial charge is 0.476 e. The molecular formula is C14H18N2O3. The lowest BCUT2D eigenvalue weighted by atomic mass is 10.2. The number of fused-ring (bicyclic) bond motifs is 1. The second-order valence-corrected chi connectivity index (χ2v) is 4.53. The van der Waals surface area contributed by atoms with Gasteiger partial charge in [0.05, 0.1) is 5.52 Å². The number of nitrogens with zero attached hydrogens (tertiary/aromatic N) is 2. The molecule has 0 saturated carbocycles. The Labute approximate surface area is 111 Å². The number of carbonyl (C=O) groups is 1. The first-order valence-corrected chi connectivity index (χ1v) is 6.53. The first-order chi connectivity index (χ1) is 9.24. The number of rotatable bonds is 7. The molecule has 0 bridgehead atoms. The average Bonchev–Trinajstić information content (AvgIpc) is 2.78. The van der Waals surface area contributed by atoms with Crippen LogP contribution in [0.5, 0.6) is 0 Å². The third kappa shape index (κ3) is 3.12. The maximum atomic E-state index is 11.1. The molecule has 0 aliphatic heterocycles. The van der Waals surface area contributed by atoms with Crippen molar-refractivity contribution in [2.45, 2.75) is 32.2 Å². The second kappa shape index (κ2) is 6.33. The van der Waals surface area contributed by atoms with Crippen molar-refractivity contribution in [3.63, 3.8) is 0 Å². The van der Waals surface area contributed by atoms with Crippen LogP contribution < -0.4 is 0 Å². The zero-order chi connectivity index (χ0) is 13.7. The lowest BCUT2D eigenvalue weighted by Gasteiger charge is -2.03. The zero-order valence-electron chi connectivity index (χ0n) is 10.7. The summed E-state index contributed by atoms with van der Waals surface area (Å²) in [4.78, 5) is 11.1. The van der Waals surface area contributed by atoms with E-state index in [0.29, 0.717) is 11.9 Å². The zero-order valence-corrected chi connectivity index (χ0v) is 10.7. The highest BCUT2D eigenvalue weighted by Gasteiger charge is 2.15. The molecule has 0 unspecified atom stereocenters. The van der Waals surface area contributed by atoms with Crippen LogP contribution in [0.15, 0.2) is 24.3 Å². The van der Waals surface area contributed by atoms with E-state index in [9.17, 15) is 4.79 Å². The van der Waals surface area contributed by atoms with Gasteiger partial charge in [-0.1, -0.05) is 31.0 Å². The summed E-state index contributed by atoms with van der Waals surface area (Å²) in [6, 6.07) is 7.39. The first-order valence-electron chi connectivity index (χ1n) is 6.53. The van der Waals surface area contributed by atoms with E-state index in [2.05, 4.69) is 5.10 Å². The average molecular weight is 262 g/mol. The van der Waals surface area contributed by atoms with E-state index in [0.717, 1.165) is 31.2 Å². The first kappa shape index (κ1) is 13.5. The number of hydrogen-bond acceptors (Lipinski definition) is 3. The van der Waals surface area contributed by atoms with E-state index in [4.69, 9.17) is 10.2 Å². The molecule has 1 aromatic carbocycles. The number of aliphatic hydroxyl groups is 1. The van der Waals surface area contributed by atoms with Gasteiger partial charge in [0.25, 0.3) is 0 Å². The standard InChI is InChI=1S/C14H18N2O3/c17-10-6-2-1-5-9-16-12-8-4-3-7-11(12)13(15-16)14(18)19/h3-4,7-8,17H,1-2,5-6,9-10H2,(H,18,19). The molecule has 2 rings (SSSR count). The van der Waals surface area contributed by atoms with Crippen molar-refractivity contribution in [3.05, 3.63) is 30.0 Å². The second-order valence-electron chi connectivity index (χ2n) is 4.53. The molecule has 0 saturated heterocycles. The van der Waals surface area contributed by atoms with E-state index in [1.807, 2.05) is 18.2 Å². The molecule has 0 aliphatic rings. The molecule has 102 valence electrons. The summed E-state index contributed by atoms with van der Waals surface area (Å²) in [5.74, 6) is -0.991. The fourth-order valence-corrected chi connectivity index (χ4v) is 2.18. The molecule has 0 radical (unpaired) electrons. The molecule has 1 aromatic heterocycles. The smallest absolute Gasteiger partial charge is 0.357 e. The van der Waals surface area contributed by atoms with E-state index in [-0.39, 0.29) is 12.3 Å². The third-order valence-electron chi connectivity index (χ3n) is 3.14. The summed E-state index contributed by atoms with van der Waals surface area (Å²) in [7, 11) is 0. The van der Waals surface area contributed by atoms with Crippen LogP contribution in [0.1, 0.15) is 36.2 Å². The number of para-hydroxylation sites is 1. The minimum Gasteiger partial charge on any atom is -0.476 e. The molecule has 5 heteroatoms. The molecule has 0 spiro atoms. The van der Waals surface area contributed by atoms with Crippen molar-refractivity contribution in [1.29, 1.82) is 0 Å². The van der Waals surface area contributed by atoms with Crippen molar-refractivity contribution in [1.82, 2.24) is 9.78 Å². The topological polar surface area (TPSA) is 75.3 Å². The predicted octanol–water partition coefficient (Wildman–Crippen LogP) is 2.29. The Bertz CT molecular complexity index is 563. The number of carboxylic acid groups (broad SMARTS) is 1. The monoisotopic (exact) mass is 262 g/mol. The molecule has 0 fully saturated rings. The van der Waals surface area contributed by atoms with Crippen LogP contribution in [0.3, 0.4) is 0 Å². The molecule has 1 heterocycles. The van der Waals surface area contributed by atoms with Gasteiger partial charge in [0, 0.05) is 18.5 Å². The van der Waals surface area contributed by atoms with Gasteiger partial charge < -0.3 is 10.2 Å². The fraction of sp³-hybridized carbons (Fsp3) is 0.429. The molecular weight excluding hydrogens is 244 g/mol.